The van der Waals surface area contributed by atoms with E-state index in [2.05, 4.69) is 34.2 Å². The van der Waals surface area contributed by atoms with Crippen molar-refractivity contribution in [1.29, 1.82) is 0 Å². The highest BCUT2D eigenvalue weighted by Gasteiger charge is 2.45. The molecule has 43 heavy (non-hydrogen) atoms. The molecule has 0 radical (unpaired) electrons. The molecule has 2 aromatic carbocycles. The first-order valence-electron chi connectivity index (χ1n) is 14.7. The number of aromatic nitrogens is 3. The van der Waals surface area contributed by atoms with E-state index >= 15 is 0 Å². The number of halogens is 3. The van der Waals surface area contributed by atoms with Gasteiger partial charge in [0.25, 0.3) is 5.91 Å². The molecule has 2 saturated heterocycles. The number of thioether (sulfide) groups is 1. The van der Waals surface area contributed by atoms with E-state index in [1.165, 1.54) is 47.4 Å². The minimum Gasteiger partial charge on any atom is -0.319 e. The van der Waals surface area contributed by atoms with Crippen LogP contribution >= 0.6 is 23.8 Å². The number of nitrogens with zero attached hydrogens (tertiary/aromatic N) is 4. The molecule has 7 nitrogen and oxygen atoms in total. The zero-order valence-corrected chi connectivity index (χ0v) is 26.0. The van der Waals surface area contributed by atoms with Crippen LogP contribution in [0.5, 0.6) is 0 Å². The lowest BCUT2D eigenvalue weighted by Crippen LogP contribution is -2.47. The molecule has 3 fully saturated rings. The third kappa shape index (κ3) is 6.08. The number of benzene rings is 2. The van der Waals surface area contributed by atoms with Gasteiger partial charge < -0.3 is 19.0 Å². The van der Waals surface area contributed by atoms with Crippen molar-refractivity contribution in [1.82, 2.24) is 20.1 Å². The molecule has 1 N–H and O–H groups in total. The molecule has 7 rings (SSSR count). The number of hydrogen-bond donors (Lipinski definition) is 1. The Balaban J connectivity index is 0.000000599. The highest BCUT2D eigenvalue weighted by atomic mass is 32.2. The smallest absolute Gasteiger partial charge is 0.319 e. The summed E-state index contributed by atoms with van der Waals surface area (Å²) in [5, 5.41) is 11.7. The minimum atomic E-state index is -4.56. The van der Waals surface area contributed by atoms with Crippen molar-refractivity contribution in [2.75, 3.05) is 23.0 Å². The molecule has 230 valence electrons. The maximum Gasteiger partial charge on any atom is 0.416 e. The first-order chi connectivity index (χ1) is 20.6. The normalized spacial score (nSPS) is 22.7. The van der Waals surface area contributed by atoms with Crippen LogP contribution in [0.1, 0.15) is 83.9 Å². The lowest BCUT2D eigenvalue weighted by atomic mass is 9.78. The van der Waals surface area contributed by atoms with E-state index in [-0.39, 0.29) is 29.8 Å². The van der Waals surface area contributed by atoms with Crippen LogP contribution in [0.3, 0.4) is 0 Å². The van der Waals surface area contributed by atoms with Crippen molar-refractivity contribution < 1.29 is 22.1 Å². The Morgan fingerprint density at radius 2 is 1.88 bits per heavy atom. The van der Waals surface area contributed by atoms with Crippen molar-refractivity contribution in [3.8, 4) is 0 Å². The number of anilines is 1. The van der Waals surface area contributed by atoms with Gasteiger partial charge >= 0.3 is 6.18 Å². The van der Waals surface area contributed by atoms with Crippen molar-refractivity contribution in [2.45, 2.75) is 75.0 Å². The molecule has 3 aliphatic heterocycles. The van der Waals surface area contributed by atoms with Crippen LogP contribution in [0.4, 0.5) is 18.9 Å². The molecular formula is C31H36F3N5O2S2. The van der Waals surface area contributed by atoms with E-state index in [0.717, 1.165) is 24.8 Å². The number of rotatable bonds is 6. The number of amides is 1. The summed E-state index contributed by atoms with van der Waals surface area (Å²) < 4.78 is 49.4. The average molecular weight is 632 g/mol. The Kier molecular flexibility index (Phi) is 8.58. The fourth-order valence-electron chi connectivity index (χ4n) is 6.16. The molecule has 3 aromatic rings. The Bertz CT molecular complexity index is 1470. The third-order valence-electron chi connectivity index (χ3n) is 8.85. The van der Waals surface area contributed by atoms with Crippen LogP contribution in [-0.4, -0.2) is 44.3 Å². The summed E-state index contributed by atoms with van der Waals surface area (Å²) >= 11 is 3.37. The summed E-state index contributed by atoms with van der Waals surface area (Å²) in [5.41, 5.74) is 1.19. The van der Waals surface area contributed by atoms with E-state index in [0.29, 0.717) is 30.1 Å². The maximum absolute atomic E-state index is 14.2. The number of nitrogens with one attached hydrogen (secondary N) is 1. The fraction of sp³-hybridized carbons (Fsp3) is 0.516. The quantitative estimate of drug-likeness (QED) is 0.299. The van der Waals surface area contributed by atoms with Crippen molar-refractivity contribution in [3.05, 3.63) is 76.4 Å². The highest BCUT2D eigenvalue weighted by molar-refractivity contribution is 7.99. The molecule has 0 spiro atoms. The molecule has 12 heteroatoms. The van der Waals surface area contributed by atoms with Crippen molar-refractivity contribution >= 4 is 35.4 Å². The van der Waals surface area contributed by atoms with Gasteiger partial charge in [0.15, 0.2) is 5.82 Å². The number of carbonyl (C=O) groups excluding carboxylic acids is 1. The third-order valence-corrected chi connectivity index (χ3v) is 11.2. The van der Waals surface area contributed by atoms with Gasteiger partial charge in [0.05, 0.1) is 18.7 Å². The van der Waals surface area contributed by atoms with E-state index in [4.69, 9.17) is 4.18 Å². The van der Waals surface area contributed by atoms with Crippen LogP contribution in [0, 0.1) is 0 Å². The van der Waals surface area contributed by atoms with Gasteiger partial charge in [0.2, 0.25) is 0 Å². The number of hydrogen-bond acceptors (Lipinski definition) is 7. The van der Waals surface area contributed by atoms with Crippen LogP contribution in [0.15, 0.2) is 42.7 Å². The predicted octanol–water partition coefficient (Wildman–Crippen LogP) is 6.85. The summed E-state index contributed by atoms with van der Waals surface area (Å²) in [7, 11) is 1.86. The topological polar surface area (TPSA) is 72.3 Å². The van der Waals surface area contributed by atoms with Gasteiger partial charge in [-0.05, 0) is 91.5 Å². The lowest BCUT2D eigenvalue weighted by Gasteiger charge is -2.39. The van der Waals surface area contributed by atoms with Gasteiger partial charge in [0.1, 0.15) is 11.1 Å². The molecule has 4 aliphatic rings. The summed E-state index contributed by atoms with van der Waals surface area (Å²) in [6.07, 6.45) is 3.72. The summed E-state index contributed by atoms with van der Waals surface area (Å²) in [6.45, 7) is 2.74. The second-order valence-corrected chi connectivity index (χ2v) is 14.3. The molecule has 1 aromatic heterocycles. The van der Waals surface area contributed by atoms with E-state index in [9.17, 15) is 18.0 Å². The molecule has 1 atom stereocenters. The van der Waals surface area contributed by atoms with Gasteiger partial charge in [-0.2, -0.15) is 24.9 Å². The number of fused-ring (bicyclic) bond motifs is 1. The first-order valence-corrected chi connectivity index (χ1v) is 16.6. The molecule has 1 unspecified atom stereocenters. The van der Waals surface area contributed by atoms with Crippen molar-refractivity contribution in [2.24, 2.45) is 7.05 Å². The fourth-order valence-corrected chi connectivity index (χ4v) is 8.19. The monoisotopic (exact) mass is 631 g/mol. The van der Waals surface area contributed by atoms with Gasteiger partial charge in [-0.25, -0.2) is 0 Å². The molecule has 4 heterocycles. The van der Waals surface area contributed by atoms with Crippen molar-refractivity contribution in [3.63, 3.8) is 0 Å². The number of aryl methyl sites for hydroxylation is 1. The summed E-state index contributed by atoms with van der Waals surface area (Å²) in [4.78, 5) is 15.0. The van der Waals surface area contributed by atoms with Gasteiger partial charge in [-0.1, -0.05) is 12.1 Å². The SMILES string of the molecule is C1CCSC1.Cn1cnnc1C1(c2cccc(N3Cc4c(cc(CNC5(C)CCC5)cc4C(F)(F)F)C3=O)c2)CCOS1. The summed E-state index contributed by atoms with van der Waals surface area (Å²) in [5.74, 6) is 3.12. The number of alkyl halides is 3. The van der Waals surface area contributed by atoms with Gasteiger partial charge in [-0.15, -0.1) is 10.2 Å². The predicted molar refractivity (Wildman–Crippen MR) is 164 cm³/mol. The molecule has 1 amide bonds. The summed E-state index contributed by atoms with van der Waals surface area (Å²) in [6, 6.07) is 10.2. The minimum absolute atomic E-state index is 0.0214. The van der Waals surface area contributed by atoms with Crippen LogP contribution in [-0.2, 0) is 35.2 Å². The van der Waals surface area contributed by atoms with E-state index in [1.54, 1.807) is 18.5 Å². The molecule has 1 aliphatic carbocycles. The van der Waals surface area contributed by atoms with Crippen LogP contribution < -0.4 is 10.2 Å². The first kappa shape index (κ1) is 30.5. The van der Waals surface area contributed by atoms with Crippen LogP contribution in [0.2, 0.25) is 0 Å². The van der Waals surface area contributed by atoms with Gasteiger partial charge in [-0.3, -0.25) is 4.79 Å². The lowest BCUT2D eigenvalue weighted by molar-refractivity contribution is -0.138. The van der Waals surface area contributed by atoms with Gasteiger partial charge in [0, 0.05) is 48.8 Å². The number of carbonyl (C=O) groups is 1. The largest absolute Gasteiger partial charge is 0.416 e. The molecular weight excluding hydrogens is 596 g/mol. The molecule has 0 bridgehead atoms. The Morgan fingerprint density at radius 3 is 2.47 bits per heavy atom. The van der Waals surface area contributed by atoms with Crippen LogP contribution in [0.25, 0.3) is 0 Å². The zero-order valence-electron chi connectivity index (χ0n) is 24.4. The Morgan fingerprint density at radius 1 is 1.09 bits per heavy atom. The van der Waals surface area contributed by atoms with E-state index in [1.807, 2.05) is 29.8 Å². The average Bonchev–Trinajstić information content (AvgIpc) is 3.79. The standard InChI is InChI=1S/C27H28F3N5O2S.C4H8S/c1-25(7-4-8-25)31-14-17-11-20-21(22(12-17)27(28,29)30)15-35(23(20)36)19-6-3-5-18(13-19)26(9-10-37-38-26)24-33-32-16-34(24)2;1-2-4-5-3-1/h3,5-6,11-13,16,31H,4,7-10,14-15H2,1-2H3;1-4H2. The Labute approximate surface area is 258 Å². The molecule has 1 saturated carbocycles. The van der Waals surface area contributed by atoms with E-state index < -0.39 is 22.4 Å². The zero-order chi connectivity index (χ0) is 30.2. The second kappa shape index (κ2) is 12.1. The maximum atomic E-state index is 14.2. The highest BCUT2D eigenvalue weighted by Crippen LogP contribution is 2.50. The Hall–Kier alpha value is -2.54. The second-order valence-electron chi connectivity index (χ2n) is 11.9.